The van der Waals surface area contributed by atoms with Crippen LogP contribution in [0.2, 0.25) is 0 Å². The van der Waals surface area contributed by atoms with E-state index < -0.39 is 0 Å². The molecule has 0 aromatic rings. The van der Waals surface area contributed by atoms with Gasteiger partial charge in [0.15, 0.2) is 0 Å². The number of nitrogens with zero attached hydrogens (tertiary/aromatic N) is 1. The molecule has 2 fully saturated rings. The van der Waals surface area contributed by atoms with Gasteiger partial charge in [-0.05, 0) is 60.0 Å². The summed E-state index contributed by atoms with van der Waals surface area (Å²) < 4.78 is 6.17. The summed E-state index contributed by atoms with van der Waals surface area (Å²) in [5.41, 5.74) is -0.0393. The number of rotatable bonds is 2. The molecule has 0 aliphatic carbocycles. The first-order chi connectivity index (χ1) is 8.20. The van der Waals surface area contributed by atoms with Gasteiger partial charge in [0, 0.05) is 18.6 Å². The smallest absolute Gasteiger partial charge is 0.0787 e. The molecule has 3 nitrogen and oxygen atoms in total. The molecular formula is C15H30N2O. The van der Waals surface area contributed by atoms with E-state index in [1.165, 1.54) is 19.5 Å². The Balaban J connectivity index is 1.97. The van der Waals surface area contributed by atoms with E-state index in [2.05, 4.69) is 51.9 Å². The summed E-state index contributed by atoms with van der Waals surface area (Å²) in [6.45, 7) is 13.6. The maximum atomic E-state index is 6.17. The fourth-order valence-electron chi connectivity index (χ4n) is 3.68. The quantitative estimate of drug-likeness (QED) is 0.818. The highest BCUT2D eigenvalue weighted by Crippen LogP contribution is 2.38. The zero-order valence-electron chi connectivity index (χ0n) is 12.9. The molecule has 2 rings (SSSR count). The van der Waals surface area contributed by atoms with Crippen molar-refractivity contribution in [1.82, 2.24) is 10.2 Å². The molecule has 1 N–H and O–H groups in total. The summed E-state index contributed by atoms with van der Waals surface area (Å²) in [6.07, 6.45) is 2.36. The van der Waals surface area contributed by atoms with Crippen LogP contribution in [0.25, 0.3) is 0 Å². The van der Waals surface area contributed by atoms with Gasteiger partial charge in [0.1, 0.15) is 0 Å². The minimum Gasteiger partial charge on any atom is -0.368 e. The van der Waals surface area contributed by atoms with Gasteiger partial charge in [0.2, 0.25) is 0 Å². The van der Waals surface area contributed by atoms with Gasteiger partial charge in [-0.2, -0.15) is 0 Å². The van der Waals surface area contributed by atoms with Crippen LogP contribution >= 0.6 is 0 Å². The van der Waals surface area contributed by atoms with Crippen LogP contribution in [0, 0.1) is 5.92 Å². The molecule has 0 bridgehead atoms. The number of hydrogen-bond acceptors (Lipinski definition) is 3. The molecule has 106 valence electrons. The topological polar surface area (TPSA) is 24.5 Å². The van der Waals surface area contributed by atoms with E-state index in [0.29, 0.717) is 12.1 Å². The second kappa shape index (κ2) is 4.77. The third-order valence-corrected chi connectivity index (χ3v) is 4.60. The highest BCUT2D eigenvalue weighted by atomic mass is 16.5. The van der Waals surface area contributed by atoms with Gasteiger partial charge in [-0.15, -0.1) is 0 Å². The summed E-state index contributed by atoms with van der Waals surface area (Å²) >= 11 is 0. The highest BCUT2D eigenvalue weighted by molar-refractivity contribution is 5.01. The lowest BCUT2D eigenvalue weighted by atomic mass is 9.89. The van der Waals surface area contributed by atoms with Crippen molar-refractivity contribution in [3.63, 3.8) is 0 Å². The molecule has 3 unspecified atom stereocenters. The minimum atomic E-state index is -0.0490. The van der Waals surface area contributed by atoms with Crippen molar-refractivity contribution in [3.8, 4) is 0 Å². The summed E-state index contributed by atoms with van der Waals surface area (Å²) in [7, 11) is 2.22. The lowest BCUT2D eigenvalue weighted by molar-refractivity contribution is -0.0712. The van der Waals surface area contributed by atoms with Gasteiger partial charge < -0.3 is 15.0 Å². The summed E-state index contributed by atoms with van der Waals surface area (Å²) in [5, 5.41) is 3.88. The Hall–Kier alpha value is -0.120. The van der Waals surface area contributed by atoms with Crippen molar-refractivity contribution >= 4 is 0 Å². The second-order valence-electron chi connectivity index (χ2n) is 7.52. The Morgan fingerprint density at radius 3 is 2.39 bits per heavy atom. The average Bonchev–Trinajstić information content (AvgIpc) is 2.39. The van der Waals surface area contributed by atoms with E-state index in [0.717, 1.165) is 12.3 Å². The zero-order chi connectivity index (χ0) is 13.6. The van der Waals surface area contributed by atoms with Crippen LogP contribution in [0.4, 0.5) is 0 Å². The minimum absolute atomic E-state index is 0.00978. The Labute approximate surface area is 112 Å². The molecule has 0 aromatic carbocycles. The van der Waals surface area contributed by atoms with E-state index in [4.69, 9.17) is 4.74 Å². The van der Waals surface area contributed by atoms with Crippen molar-refractivity contribution in [3.05, 3.63) is 0 Å². The molecule has 0 saturated carbocycles. The van der Waals surface area contributed by atoms with Crippen molar-refractivity contribution in [2.24, 2.45) is 5.92 Å². The molecule has 0 radical (unpaired) electrons. The monoisotopic (exact) mass is 254 g/mol. The van der Waals surface area contributed by atoms with E-state index in [1.807, 2.05) is 0 Å². The van der Waals surface area contributed by atoms with Crippen molar-refractivity contribution < 1.29 is 4.74 Å². The van der Waals surface area contributed by atoms with Crippen LogP contribution in [0.5, 0.6) is 0 Å². The van der Waals surface area contributed by atoms with Crippen LogP contribution in [0.3, 0.4) is 0 Å². The van der Waals surface area contributed by atoms with Crippen molar-refractivity contribution in [2.45, 2.75) is 70.7 Å². The average molecular weight is 254 g/mol. The number of hydrogen-bond donors (Lipinski definition) is 1. The molecule has 0 aromatic heterocycles. The first-order valence-corrected chi connectivity index (χ1v) is 7.34. The highest BCUT2D eigenvalue weighted by Gasteiger charge is 2.46. The summed E-state index contributed by atoms with van der Waals surface area (Å²) in [6, 6.07) is 1.12. The standard InChI is InChI=1S/C15H30N2O/c1-11-10-17(6)8-7-12(11)16-13-9-14(2,3)18-15(13,4)5/h11-13,16H,7-10H2,1-6H3. The van der Waals surface area contributed by atoms with E-state index in [1.54, 1.807) is 0 Å². The second-order valence-corrected chi connectivity index (χ2v) is 7.52. The van der Waals surface area contributed by atoms with Gasteiger partial charge in [-0.3, -0.25) is 0 Å². The zero-order valence-corrected chi connectivity index (χ0v) is 12.9. The fourth-order valence-corrected chi connectivity index (χ4v) is 3.68. The normalized spacial score (nSPS) is 40.0. The molecule has 0 spiro atoms. The third-order valence-electron chi connectivity index (χ3n) is 4.60. The van der Waals surface area contributed by atoms with Gasteiger partial charge in [-0.25, -0.2) is 0 Å². The molecule has 3 atom stereocenters. The first-order valence-electron chi connectivity index (χ1n) is 7.34. The van der Waals surface area contributed by atoms with E-state index in [-0.39, 0.29) is 11.2 Å². The van der Waals surface area contributed by atoms with Crippen molar-refractivity contribution in [2.75, 3.05) is 20.1 Å². The lowest BCUT2D eigenvalue weighted by Gasteiger charge is -2.39. The predicted octanol–water partition coefficient (Wildman–Crippen LogP) is 2.26. The predicted molar refractivity (Wildman–Crippen MR) is 75.8 cm³/mol. The molecule has 0 amide bonds. The van der Waals surface area contributed by atoms with Gasteiger partial charge in [-0.1, -0.05) is 6.92 Å². The lowest BCUT2D eigenvalue weighted by Crippen LogP contribution is -2.54. The Morgan fingerprint density at radius 1 is 1.22 bits per heavy atom. The van der Waals surface area contributed by atoms with Crippen LogP contribution in [0.15, 0.2) is 0 Å². The molecular weight excluding hydrogens is 224 g/mol. The fraction of sp³-hybridized carbons (Fsp3) is 1.00. The number of nitrogens with one attached hydrogen (secondary N) is 1. The van der Waals surface area contributed by atoms with Gasteiger partial charge in [0.25, 0.3) is 0 Å². The molecule has 2 saturated heterocycles. The number of piperidine rings is 1. The third kappa shape index (κ3) is 3.06. The van der Waals surface area contributed by atoms with Crippen LogP contribution < -0.4 is 5.32 Å². The SMILES string of the molecule is CC1CN(C)CCC1NC1CC(C)(C)OC1(C)C. The Kier molecular flexibility index (Phi) is 3.79. The van der Waals surface area contributed by atoms with E-state index >= 15 is 0 Å². The van der Waals surface area contributed by atoms with Crippen LogP contribution in [-0.4, -0.2) is 48.3 Å². The van der Waals surface area contributed by atoms with Gasteiger partial charge in [0.05, 0.1) is 11.2 Å². The number of ether oxygens (including phenoxy) is 1. The van der Waals surface area contributed by atoms with Crippen molar-refractivity contribution in [1.29, 1.82) is 0 Å². The molecule has 18 heavy (non-hydrogen) atoms. The number of likely N-dealkylation sites (tertiary alicyclic amines) is 1. The van der Waals surface area contributed by atoms with Gasteiger partial charge >= 0.3 is 0 Å². The van der Waals surface area contributed by atoms with Crippen LogP contribution in [0.1, 0.15) is 47.5 Å². The maximum absolute atomic E-state index is 6.17. The Bertz CT molecular complexity index is 301. The Morgan fingerprint density at radius 2 is 1.89 bits per heavy atom. The van der Waals surface area contributed by atoms with E-state index in [9.17, 15) is 0 Å². The summed E-state index contributed by atoms with van der Waals surface area (Å²) in [4.78, 5) is 2.43. The summed E-state index contributed by atoms with van der Waals surface area (Å²) in [5.74, 6) is 0.725. The molecule has 3 heteroatoms. The molecule has 2 heterocycles. The maximum Gasteiger partial charge on any atom is 0.0787 e. The molecule has 2 aliphatic rings. The largest absolute Gasteiger partial charge is 0.368 e. The van der Waals surface area contributed by atoms with Crippen LogP contribution in [-0.2, 0) is 4.74 Å². The first kappa shape index (κ1) is 14.3. The molecule has 2 aliphatic heterocycles.